The van der Waals surface area contributed by atoms with Crippen molar-refractivity contribution >= 4 is 29.4 Å². The van der Waals surface area contributed by atoms with Crippen molar-refractivity contribution in [3.05, 3.63) is 30.3 Å². The molecule has 19 heavy (non-hydrogen) atoms. The average molecular weight is 295 g/mol. The molecule has 1 aromatic rings. The number of amides is 1. The molecule has 0 radical (unpaired) electrons. The fourth-order valence-corrected chi connectivity index (χ4v) is 3.66. The highest BCUT2D eigenvalue weighted by atomic mass is 32.2. The van der Waals surface area contributed by atoms with Crippen LogP contribution in [0.3, 0.4) is 0 Å². The summed E-state index contributed by atoms with van der Waals surface area (Å²) in [5.41, 5.74) is 0. The van der Waals surface area contributed by atoms with E-state index in [1.807, 2.05) is 35.9 Å². The van der Waals surface area contributed by atoms with Crippen LogP contribution >= 0.6 is 23.5 Å². The molecule has 104 valence electrons. The van der Waals surface area contributed by atoms with Crippen LogP contribution in [0.4, 0.5) is 0 Å². The number of nitrogens with zero attached hydrogens (tertiary/aromatic N) is 1. The van der Waals surface area contributed by atoms with Crippen LogP contribution in [-0.2, 0) is 4.79 Å². The Morgan fingerprint density at radius 1 is 1.42 bits per heavy atom. The third-order valence-corrected chi connectivity index (χ3v) is 5.68. The summed E-state index contributed by atoms with van der Waals surface area (Å²) in [4.78, 5) is 15.5. The van der Waals surface area contributed by atoms with Gasteiger partial charge in [-0.1, -0.05) is 18.2 Å². The van der Waals surface area contributed by atoms with Gasteiger partial charge in [-0.15, -0.1) is 11.8 Å². The van der Waals surface area contributed by atoms with Crippen molar-refractivity contribution in [1.82, 2.24) is 4.90 Å². The summed E-state index contributed by atoms with van der Waals surface area (Å²) in [6.07, 6.45) is 3.15. The molecule has 1 fully saturated rings. The minimum absolute atomic E-state index is 0.0977. The second-order valence-electron chi connectivity index (χ2n) is 4.94. The summed E-state index contributed by atoms with van der Waals surface area (Å²) >= 11 is 3.54. The van der Waals surface area contributed by atoms with E-state index in [9.17, 15) is 4.79 Å². The number of hydrogen-bond acceptors (Lipinski definition) is 3. The quantitative estimate of drug-likeness (QED) is 0.777. The summed E-state index contributed by atoms with van der Waals surface area (Å²) < 4.78 is 0. The van der Waals surface area contributed by atoms with Crippen molar-refractivity contribution < 1.29 is 4.79 Å². The zero-order valence-corrected chi connectivity index (χ0v) is 13.2. The summed E-state index contributed by atoms with van der Waals surface area (Å²) in [5.74, 6) is 2.06. The number of rotatable bonds is 5. The van der Waals surface area contributed by atoms with Gasteiger partial charge in [0.2, 0.25) is 5.91 Å². The Hall–Kier alpha value is -0.610. The van der Waals surface area contributed by atoms with Crippen molar-refractivity contribution in [2.75, 3.05) is 25.1 Å². The first kappa shape index (κ1) is 14.8. The van der Waals surface area contributed by atoms with Gasteiger partial charge in [-0.05, 0) is 37.7 Å². The molecule has 0 aliphatic carbocycles. The van der Waals surface area contributed by atoms with Crippen LogP contribution in [0.25, 0.3) is 0 Å². The summed E-state index contributed by atoms with van der Waals surface area (Å²) in [7, 11) is 0. The molecule has 2 rings (SSSR count). The Morgan fingerprint density at radius 3 is 2.84 bits per heavy atom. The Bertz CT molecular complexity index is 410. The molecule has 0 spiro atoms. The number of likely N-dealkylation sites (tertiary alicyclic amines) is 1. The number of benzene rings is 1. The molecular formula is C15H21NOS2. The van der Waals surface area contributed by atoms with Gasteiger partial charge in [0.05, 0.1) is 5.25 Å². The van der Waals surface area contributed by atoms with E-state index in [2.05, 4.69) is 24.3 Å². The summed E-state index contributed by atoms with van der Waals surface area (Å²) in [6, 6.07) is 10.5. The maximum Gasteiger partial charge on any atom is 0.235 e. The smallest absolute Gasteiger partial charge is 0.235 e. The van der Waals surface area contributed by atoms with Gasteiger partial charge in [0.1, 0.15) is 0 Å². The predicted molar refractivity (Wildman–Crippen MR) is 84.8 cm³/mol. The molecule has 1 saturated heterocycles. The second kappa shape index (κ2) is 7.25. The Labute approximate surface area is 124 Å². The predicted octanol–water partition coefficient (Wildman–Crippen LogP) is 3.38. The van der Waals surface area contributed by atoms with Crippen molar-refractivity contribution in [2.45, 2.75) is 23.5 Å². The molecule has 0 unspecified atom stereocenters. The van der Waals surface area contributed by atoms with Gasteiger partial charge >= 0.3 is 0 Å². The minimum atomic E-state index is 0.0977. The standard InChI is InChI=1S/C15H21NOS2/c1-12(18-2)15(17)16-9-8-13(10-16)11-19-14-6-4-3-5-7-14/h3-7,12-13H,8-11H2,1-2H3/t12-,13+/m0/s1. The Kier molecular flexibility index (Phi) is 5.64. The van der Waals surface area contributed by atoms with Gasteiger partial charge in [-0.25, -0.2) is 0 Å². The van der Waals surface area contributed by atoms with E-state index in [0.29, 0.717) is 11.8 Å². The van der Waals surface area contributed by atoms with Crippen LogP contribution in [0.5, 0.6) is 0 Å². The first-order chi connectivity index (χ1) is 9.20. The molecule has 1 aromatic carbocycles. The second-order valence-corrected chi connectivity index (χ2v) is 7.21. The lowest BCUT2D eigenvalue weighted by Crippen LogP contribution is -2.34. The lowest BCUT2D eigenvalue weighted by molar-refractivity contribution is -0.129. The van der Waals surface area contributed by atoms with Crippen molar-refractivity contribution in [3.63, 3.8) is 0 Å². The monoisotopic (exact) mass is 295 g/mol. The molecule has 2 atom stereocenters. The molecule has 2 nitrogen and oxygen atoms in total. The third kappa shape index (κ3) is 4.18. The maximum absolute atomic E-state index is 12.1. The van der Waals surface area contributed by atoms with Gasteiger partial charge in [-0.2, -0.15) is 11.8 Å². The van der Waals surface area contributed by atoms with Gasteiger partial charge < -0.3 is 4.90 Å². The fourth-order valence-electron chi connectivity index (χ4n) is 2.26. The lowest BCUT2D eigenvalue weighted by Gasteiger charge is -2.19. The van der Waals surface area contributed by atoms with E-state index >= 15 is 0 Å². The van der Waals surface area contributed by atoms with Crippen LogP contribution in [0.2, 0.25) is 0 Å². The number of hydrogen-bond donors (Lipinski definition) is 0. The third-order valence-electron chi connectivity index (χ3n) is 3.53. The van der Waals surface area contributed by atoms with Crippen molar-refractivity contribution in [3.8, 4) is 0 Å². The van der Waals surface area contributed by atoms with Crippen LogP contribution in [-0.4, -0.2) is 41.2 Å². The fraction of sp³-hybridized carbons (Fsp3) is 0.533. The SMILES string of the molecule is CS[C@@H](C)C(=O)N1CC[C@@H](CSc2ccccc2)C1. The van der Waals surface area contributed by atoms with Crippen LogP contribution in [0, 0.1) is 5.92 Å². The first-order valence-corrected chi connectivity index (χ1v) is 8.97. The molecule has 1 heterocycles. The van der Waals surface area contributed by atoms with Gasteiger partial charge in [0.25, 0.3) is 0 Å². The topological polar surface area (TPSA) is 20.3 Å². The van der Waals surface area contributed by atoms with Gasteiger partial charge in [0, 0.05) is 23.7 Å². The zero-order valence-electron chi connectivity index (χ0n) is 11.5. The van der Waals surface area contributed by atoms with E-state index in [1.54, 1.807) is 11.8 Å². The van der Waals surface area contributed by atoms with E-state index in [1.165, 1.54) is 4.90 Å². The number of thioether (sulfide) groups is 2. The van der Waals surface area contributed by atoms with E-state index in [4.69, 9.17) is 0 Å². The highest BCUT2D eigenvalue weighted by Gasteiger charge is 2.28. The molecule has 1 aliphatic rings. The number of carbonyl (C=O) groups is 1. The van der Waals surface area contributed by atoms with Gasteiger partial charge in [-0.3, -0.25) is 4.79 Å². The van der Waals surface area contributed by atoms with Crippen LogP contribution in [0.15, 0.2) is 35.2 Å². The largest absolute Gasteiger partial charge is 0.341 e. The summed E-state index contributed by atoms with van der Waals surface area (Å²) in [5, 5.41) is 0.0977. The van der Waals surface area contributed by atoms with Crippen LogP contribution < -0.4 is 0 Å². The molecule has 1 aliphatic heterocycles. The van der Waals surface area contributed by atoms with E-state index < -0.39 is 0 Å². The molecule has 0 aromatic heterocycles. The Balaban J connectivity index is 1.78. The molecule has 0 bridgehead atoms. The van der Waals surface area contributed by atoms with E-state index in [-0.39, 0.29) is 5.25 Å². The highest BCUT2D eigenvalue weighted by molar-refractivity contribution is 8.00. The van der Waals surface area contributed by atoms with E-state index in [0.717, 1.165) is 25.3 Å². The first-order valence-electron chi connectivity index (χ1n) is 6.70. The highest BCUT2D eigenvalue weighted by Crippen LogP contribution is 2.26. The normalized spacial score (nSPS) is 20.5. The van der Waals surface area contributed by atoms with Gasteiger partial charge in [0.15, 0.2) is 0 Å². The number of carbonyl (C=O) groups excluding carboxylic acids is 1. The average Bonchev–Trinajstić information content (AvgIpc) is 2.93. The maximum atomic E-state index is 12.1. The lowest BCUT2D eigenvalue weighted by atomic mass is 10.2. The zero-order chi connectivity index (χ0) is 13.7. The van der Waals surface area contributed by atoms with Crippen molar-refractivity contribution in [1.29, 1.82) is 0 Å². The molecular weight excluding hydrogens is 274 g/mol. The minimum Gasteiger partial charge on any atom is -0.341 e. The van der Waals surface area contributed by atoms with Crippen LogP contribution in [0.1, 0.15) is 13.3 Å². The Morgan fingerprint density at radius 2 is 2.16 bits per heavy atom. The molecule has 0 N–H and O–H groups in total. The van der Waals surface area contributed by atoms with Crippen molar-refractivity contribution in [2.24, 2.45) is 5.92 Å². The molecule has 0 saturated carbocycles. The molecule has 1 amide bonds. The summed E-state index contributed by atoms with van der Waals surface area (Å²) in [6.45, 7) is 3.87. The molecule has 4 heteroatoms.